The number of nitrogens with one attached hydrogen (secondary N) is 1. The Balaban J connectivity index is 1.13. The summed E-state index contributed by atoms with van der Waals surface area (Å²) in [6.07, 6.45) is 3.02. The van der Waals surface area contributed by atoms with Gasteiger partial charge in [-0.25, -0.2) is 14.6 Å². The lowest BCUT2D eigenvalue weighted by molar-refractivity contribution is -0.154. The first-order chi connectivity index (χ1) is 22.7. The Hall–Kier alpha value is -4.06. The minimum atomic E-state index is -4.53. The largest absolute Gasteiger partial charge is 0.487 e. The Labute approximate surface area is 273 Å². The normalized spacial score (nSPS) is 17.7. The van der Waals surface area contributed by atoms with Crippen molar-refractivity contribution < 1.29 is 32.1 Å². The summed E-state index contributed by atoms with van der Waals surface area (Å²) in [4.78, 5) is 11.1. The van der Waals surface area contributed by atoms with E-state index in [2.05, 4.69) is 40.8 Å². The molecule has 2 aliphatic rings. The van der Waals surface area contributed by atoms with Crippen LogP contribution < -0.4 is 14.8 Å². The number of nitrogens with zero attached hydrogens (tertiary/aromatic N) is 9. The van der Waals surface area contributed by atoms with E-state index in [0.717, 1.165) is 31.5 Å². The van der Waals surface area contributed by atoms with E-state index in [1.165, 1.54) is 6.33 Å². The molecule has 0 bridgehead atoms. The molecule has 4 aromatic rings. The lowest BCUT2D eigenvalue weighted by Gasteiger charge is -2.36. The molecule has 0 unspecified atom stereocenters. The first-order valence-electron chi connectivity index (χ1n) is 15.1. The highest BCUT2D eigenvalue weighted by Crippen LogP contribution is 2.34. The van der Waals surface area contributed by atoms with Crippen molar-refractivity contribution in [2.75, 3.05) is 51.4 Å². The van der Waals surface area contributed by atoms with Crippen LogP contribution in [0.2, 0.25) is 5.02 Å². The van der Waals surface area contributed by atoms with Crippen LogP contribution in [0.4, 0.5) is 24.8 Å². The summed E-state index contributed by atoms with van der Waals surface area (Å²) in [7, 11) is 0. The topological polar surface area (TPSA) is 139 Å². The van der Waals surface area contributed by atoms with E-state index in [0.29, 0.717) is 49.3 Å². The van der Waals surface area contributed by atoms with Gasteiger partial charge in [-0.15, -0.1) is 10.2 Å². The fourth-order valence-corrected chi connectivity index (χ4v) is 5.61. The molecule has 5 heterocycles. The van der Waals surface area contributed by atoms with Crippen molar-refractivity contribution in [1.82, 2.24) is 44.9 Å². The number of piperidine rings is 1. The van der Waals surface area contributed by atoms with Crippen LogP contribution in [0.25, 0.3) is 11.1 Å². The molecule has 1 aromatic carbocycles. The zero-order valence-corrected chi connectivity index (χ0v) is 26.3. The highest BCUT2D eigenvalue weighted by molar-refractivity contribution is 6.32. The van der Waals surface area contributed by atoms with Gasteiger partial charge in [0, 0.05) is 31.0 Å². The molecular weight excluding hydrogens is 645 g/mol. The number of benzene rings is 1. The molecule has 1 atom stereocenters. The third-order valence-corrected chi connectivity index (χ3v) is 8.09. The van der Waals surface area contributed by atoms with Crippen molar-refractivity contribution in [3.8, 4) is 22.8 Å². The van der Waals surface area contributed by atoms with Crippen LogP contribution in [-0.2, 0) is 16.0 Å². The zero-order valence-electron chi connectivity index (χ0n) is 25.5. The number of aromatic nitrogens is 8. The van der Waals surface area contributed by atoms with E-state index < -0.39 is 12.8 Å². The lowest BCUT2D eigenvalue weighted by atomic mass is 10.0. The first-order valence-corrected chi connectivity index (χ1v) is 15.5. The molecule has 0 saturated carbocycles. The van der Waals surface area contributed by atoms with Gasteiger partial charge in [-0.05, 0) is 47.9 Å². The molecule has 0 amide bonds. The van der Waals surface area contributed by atoms with Gasteiger partial charge in [0.25, 0.3) is 5.88 Å². The van der Waals surface area contributed by atoms with E-state index in [-0.39, 0.29) is 35.7 Å². The van der Waals surface area contributed by atoms with Crippen molar-refractivity contribution in [1.29, 1.82) is 0 Å². The third-order valence-electron chi connectivity index (χ3n) is 7.78. The summed E-state index contributed by atoms with van der Waals surface area (Å²) in [6, 6.07) is 5.45. The average Bonchev–Trinajstić information content (AvgIpc) is 3.63. The minimum absolute atomic E-state index is 0.0251. The number of hydrogen-bond donors (Lipinski definition) is 1. The summed E-state index contributed by atoms with van der Waals surface area (Å²) >= 11 is 6.38. The van der Waals surface area contributed by atoms with E-state index in [1.54, 1.807) is 46.2 Å². The van der Waals surface area contributed by atoms with E-state index in [9.17, 15) is 13.2 Å². The zero-order chi connectivity index (χ0) is 32.8. The number of halogens is 4. The molecule has 0 aliphatic carbocycles. The van der Waals surface area contributed by atoms with Crippen LogP contribution in [-0.4, -0.2) is 109 Å². The highest BCUT2D eigenvalue weighted by Gasteiger charge is 2.31. The molecule has 47 heavy (non-hydrogen) atoms. The number of anilines is 2. The number of hydrogen-bond acceptors (Lipinski definition) is 12. The summed E-state index contributed by atoms with van der Waals surface area (Å²) in [5.74, 6) is 0.444. The van der Waals surface area contributed by atoms with Gasteiger partial charge < -0.3 is 24.3 Å². The van der Waals surface area contributed by atoms with Gasteiger partial charge >= 0.3 is 6.18 Å². The van der Waals surface area contributed by atoms with Gasteiger partial charge in [0.1, 0.15) is 23.9 Å². The molecule has 14 nitrogen and oxygen atoms in total. The van der Waals surface area contributed by atoms with Crippen molar-refractivity contribution in [2.24, 2.45) is 0 Å². The number of rotatable bonds is 11. The van der Waals surface area contributed by atoms with Gasteiger partial charge in [0.2, 0.25) is 5.95 Å². The standard InChI is InChI=1S/C29H34ClF3N10O4/c1-19(13-42-18-36-39-40-42)47-26-10-20(2-3-24(26)30)21-11-34-28(35-12-21)37-25-14-43(38-27(25)46-17-29(31,32)33)22-4-6-41(7-5-22)23-15-44-8-9-45-16-23/h2-3,10-12,14,18-19,22-23H,4-9,13,15-17H2,1H3,(H,34,35,37)/t19-/m0/s1. The summed E-state index contributed by atoms with van der Waals surface area (Å²) in [5.41, 5.74) is 1.65. The number of likely N-dealkylation sites (tertiary alicyclic amines) is 1. The first kappa shape index (κ1) is 32.9. The maximum Gasteiger partial charge on any atom is 0.422 e. The summed E-state index contributed by atoms with van der Waals surface area (Å²) in [5, 5.41) is 18.9. The predicted octanol–water partition coefficient (Wildman–Crippen LogP) is 4.18. The van der Waals surface area contributed by atoms with Crippen LogP contribution >= 0.6 is 11.6 Å². The van der Waals surface area contributed by atoms with Gasteiger partial charge in [-0.1, -0.05) is 17.7 Å². The van der Waals surface area contributed by atoms with Crippen molar-refractivity contribution in [3.05, 3.63) is 48.1 Å². The van der Waals surface area contributed by atoms with Gasteiger partial charge in [0.05, 0.1) is 56.3 Å². The molecular formula is C29H34ClF3N10O4. The molecule has 3 aromatic heterocycles. The van der Waals surface area contributed by atoms with Crippen molar-refractivity contribution >= 4 is 23.2 Å². The van der Waals surface area contributed by atoms with Crippen molar-refractivity contribution in [2.45, 2.75) is 50.7 Å². The monoisotopic (exact) mass is 678 g/mol. The molecule has 2 saturated heterocycles. The maximum atomic E-state index is 13.1. The quantitative estimate of drug-likeness (QED) is 0.243. The molecule has 18 heteroatoms. The smallest absolute Gasteiger partial charge is 0.422 e. The Bertz CT molecular complexity index is 1580. The van der Waals surface area contributed by atoms with Gasteiger partial charge in [0.15, 0.2) is 6.61 Å². The fourth-order valence-electron chi connectivity index (χ4n) is 5.45. The van der Waals surface area contributed by atoms with Crippen molar-refractivity contribution in [3.63, 3.8) is 0 Å². The second-order valence-electron chi connectivity index (χ2n) is 11.3. The third kappa shape index (κ3) is 8.85. The highest BCUT2D eigenvalue weighted by atomic mass is 35.5. The predicted molar refractivity (Wildman–Crippen MR) is 163 cm³/mol. The van der Waals surface area contributed by atoms with Crippen LogP contribution in [0.3, 0.4) is 0 Å². The SMILES string of the molecule is C[C@@H](Cn1cnnn1)Oc1cc(-c2cnc(Nc3cn(C4CCN(C5COCCOC5)CC4)nc3OCC(F)(F)F)nc2)ccc1Cl. The number of alkyl halides is 3. The lowest BCUT2D eigenvalue weighted by Crippen LogP contribution is -2.45. The Morgan fingerprint density at radius 3 is 2.49 bits per heavy atom. The molecule has 0 spiro atoms. The van der Waals surface area contributed by atoms with Gasteiger partial charge in [-0.2, -0.15) is 13.2 Å². The molecule has 252 valence electrons. The molecule has 2 fully saturated rings. The maximum absolute atomic E-state index is 13.1. The van der Waals surface area contributed by atoms with Gasteiger partial charge in [-0.3, -0.25) is 9.58 Å². The van der Waals surface area contributed by atoms with Crippen LogP contribution in [0.5, 0.6) is 11.6 Å². The second-order valence-corrected chi connectivity index (χ2v) is 11.7. The van der Waals surface area contributed by atoms with Crippen LogP contribution in [0.15, 0.2) is 43.1 Å². The Kier molecular flexibility index (Phi) is 10.3. The molecule has 6 rings (SSSR count). The molecule has 0 radical (unpaired) electrons. The van der Waals surface area contributed by atoms with E-state index >= 15 is 0 Å². The molecule has 2 aliphatic heterocycles. The summed E-state index contributed by atoms with van der Waals surface area (Å²) < 4.78 is 64.8. The average molecular weight is 679 g/mol. The molecule has 1 N–H and O–H groups in total. The van der Waals surface area contributed by atoms with E-state index in [4.69, 9.17) is 30.5 Å². The van der Waals surface area contributed by atoms with E-state index in [1.807, 2.05) is 6.92 Å². The van der Waals surface area contributed by atoms with Crippen LogP contribution in [0.1, 0.15) is 25.8 Å². The van der Waals surface area contributed by atoms with Crippen LogP contribution in [0, 0.1) is 0 Å². The summed E-state index contributed by atoms with van der Waals surface area (Å²) in [6.45, 7) is 4.78. The number of tetrazole rings is 1. The Morgan fingerprint density at radius 1 is 1.06 bits per heavy atom. The minimum Gasteiger partial charge on any atom is -0.487 e. The Morgan fingerprint density at radius 2 is 1.81 bits per heavy atom. The fraction of sp³-hybridized carbons (Fsp3) is 0.517. The number of ether oxygens (including phenoxy) is 4. The second kappa shape index (κ2) is 14.8.